The number of alkyl halides is 3. The summed E-state index contributed by atoms with van der Waals surface area (Å²) in [5, 5.41) is 16.0. The van der Waals surface area contributed by atoms with Crippen molar-refractivity contribution in [2.75, 3.05) is 13.7 Å². The van der Waals surface area contributed by atoms with Crippen LogP contribution >= 0.6 is 23.2 Å². The zero-order chi connectivity index (χ0) is 29.0. The third-order valence-corrected chi connectivity index (χ3v) is 6.01. The van der Waals surface area contributed by atoms with Gasteiger partial charge in [-0.05, 0) is 54.1 Å². The first-order valence-corrected chi connectivity index (χ1v) is 12.3. The zero-order valence-electron chi connectivity index (χ0n) is 20.6. The number of nitrogens with one attached hydrogen (secondary N) is 1. The van der Waals surface area contributed by atoms with Crippen LogP contribution in [0, 0.1) is 0 Å². The van der Waals surface area contributed by atoms with Crippen LogP contribution in [0.5, 0.6) is 17.4 Å². The Morgan fingerprint density at radius 2 is 1.70 bits per heavy atom. The Morgan fingerprint density at radius 3 is 2.30 bits per heavy atom. The molecule has 0 spiro atoms. The molecule has 1 heterocycles. The van der Waals surface area contributed by atoms with Crippen molar-refractivity contribution in [3.05, 3.63) is 88.0 Å². The summed E-state index contributed by atoms with van der Waals surface area (Å²) in [5.74, 6) is -2.22. The molecular formula is C27H20Cl2F3N3O5. The highest BCUT2D eigenvalue weighted by molar-refractivity contribution is 6.34. The molecule has 40 heavy (non-hydrogen) atoms. The molecule has 0 bridgehead atoms. The molecule has 0 atom stereocenters. The lowest BCUT2D eigenvalue weighted by Gasteiger charge is -2.15. The van der Waals surface area contributed by atoms with Crippen LogP contribution < -0.4 is 14.8 Å². The number of benzene rings is 3. The summed E-state index contributed by atoms with van der Waals surface area (Å²) in [6.45, 7) is -0.246. The number of ether oxygens (including phenoxy) is 2. The van der Waals surface area contributed by atoms with Crippen LogP contribution in [-0.2, 0) is 11.0 Å². The molecular weight excluding hydrogens is 574 g/mol. The average Bonchev–Trinajstić information content (AvgIpc) is 3.31. The second-order valence-corrected chi connectivity index (χ2v) is 9.23. The van der Waals surface area contributed by atoms with Crippen molar-refractivity contribution in [2.24, 2.45) is 0 Å². The highest BCUT2D eigenvalue weighted by atomic mass is 35.5. The lowest BCUT2D eigenvalue weighted by Crippen LogP contribution is -2.26. The number of carboxylic acid groups (broad SMARTS) is 1. The minimum atomic E-state index is -4.89. The molecule has 8 nitrogen and oxygen atoms in total. The third-order valence-electron chi connectivity index (χ3n) is 5.57. The first-order valence-electron chi connectivity index (χ1n) is 11.5. The van der Waals surface area contributed by atoms with Gasteiger partial charge in [0.2, 0.25) is 5.88 Å². The average molecular weight is 594 g/mol. The highest BCUT2D eigenvalue weighted by Gasteiger charge is 2.36. The van der Waals surface area contributed by atoms with Crippen molar-refractivity contribution < 1.29 is 37.3 Å². The maximum absolute atomic E-state index is 14.1. The van der Waals surface area contributed by atoms with Gasteiger partial charge in [0.1, 0.15) is 11.5 Å². The van der Waals surface area contributed by atoms with E-state index in [0.717, 1.165) is 12.1 Å². The maximum atomic E-state index is 14.1. The van der Waals surface area contributed by atoms with Crippen molar-refractivity contribution in [3.63, 3.8) is 0 Å². The minimum Gasteiger partial charge on any atom is -0.497 e. The molecule has 1 amide bonds. The van der Waals surface area contributed by atoms with E-state index in [1.807, 2.05) is 0 Å². The lowest BCUT2D eigenvalue weighted by atomic mass is 10.1. The van der Waals surface area contributed by atoms with Gasteiger partial charge in [-0.3, -0.25) is 9.59 Å². The van der Waals surface area contributed by atoms with Gasteiger partial charge in [-0.15, -0.1) is 5.10 Å². The fourth-order valence-corrected chi connectivity index (χ4v) is 4.19. The molecule has 0 radical (unpaired) electrons. The molecule has 0 unspecified atom stereocenters. The molecule has 2 N–H and O–H groups in total. The van der Waals surface area contributed by atoms with Gasteiger partial charge in [0.05, 0.1) is 30.3 Å². The number of nitrogens with zero attached hydrogens (tertiary/aromatic N) is 2. The summed E-state index contributed by atoms with van der Waals surface area (Å²) in [4.78, 5) is 23.0. The Kier molecular flexibility index (Phi) is 8.55. The van der Waals surface area contributed by atoms with Crippen molar-refractivity contribution in [3.8, 4) is 34.2 Å². The van der Waals surface area contributed by atoms with Gasteiger partial charge in [0.25, 0.3) is 5.91 Å². The lowest BCUT2D eigenvalue weighted by molar-refractivity contribution is -0.139. The number of carbonyl (C=O) groups excluding carboxylic acids is 1. The summed E-state index contributed by atoms with van der Waals surface area (Å²) >= 11 is 12.3. The Bertz CT molecular complexity index is 1540. The van der Waals surface area contributed by atoms with Gasteiger partial charge in [0, 0.05) is 28.4 Å². The number of aromatic nitrogens is 2. The van der Waals surface area contributed by atoms with Crippen LogP contribution in [-0.4, -0.2) is 40.4 Å². The fourth-order valence-electron chi connectivity index (χ4n) is 3.68. The standard InChI is InChI=1S/C27H20Cl2F3N3O5/c1-39-20-5-2-15(3-6-20)21-14-35(19-12-17(28)11-18(29)13-19)34-26(21)40-23-7-4-16(10-22(23)27(30,31)32)25(38)33-9-8-24(36)37/h2-7,10-14H,8-9H2,1H3,(H,33,38)(H,36,37). The van der Waals surface area contributed by atoms with Gasteiger partial charge in [-0.2, -0.15) is 13.2 Å². The summed E-state index contributed by atoms with van der Waals surface area (Å²) in [7, 11) is 1.50. The highest BCUT2D eigenvalue weighted by Crippen LogP contribution is 2.41. The molecule has 0 saturated heterocycles. The summed E-state index contributed by atoms with van der Waals surface area (Å²) in [6, 6.07) is 14.2. The summed E-state index contributed by atoms with van der Waals surface area (Å²) < 4.78 is 54.5. The second kappa shape index (κ2) is 11.9. The second-order valence-electron chi connectivity index (χ2n) is 8.36. The van der Waals surface area contributed by atoms with E-state index in [1.54, 1.807) is 42.6 Å². The Hall–Kier alpha value is -4.22. The number of hydrogen-bond donors (Lipinski definition) is 2. The van der Waals surface area contributed by atoms with Crippen LogP contribution in [0.25, 0.3) is 16.8 Å². The molecule has 3 aromatic carbocycles. The molecule has 0 aliphatic heterocycles. The fraction of sp³-hybridized carbons (Fsp3) is 0.148. The zero-order valence-corrected chi connectivity index (χ0v) is 22.1. The van der Waals surface area contributed by atoms with E-state index in [9.17, 15) is 22.8 Å². The van der Waals surface area contributed by atoms with Crippen molar-refractivity contribution in [1.82, 2.24) is 15.1 Å². The minimum absolute atomic E-state index is 0.162. The van der Waals surface area contributed by atoms with Crippen LogP contribution in [0.15, 0.2) is 66.9 Å². The number of hydrogen-bond acceptors (Lipinski definition) is 5. The summed E-state index contributed by atoms with van der Waals surface area (Å²) in [6.07, 6.45) is -3.72. The predicted molar refractivity (Wildman–Crippen MR) is 142 cm³/mol. The van der Waals surface area contributed by atoms with E-state index in [2.05, 4.69) is 10.4 Å². The Morgan fingerprint density at radius 1 is 1.02 bits per heavy atom. The molecule has 0 saturated carbocycles. The molecule has 208 valence electrons. The number of carboxylic acids is 1. The number of halogens is 5. The maximum Gasteiger partial charge on any atom is 0.420 e. The van der Waals surface area contributed by atoms with E-state index in [-0.39, 0.29) is 24.4 Å². The molecule has 4 rings (SSSR count). The topological polar surface area (TPSA) is 103 Å². The van der Waals surface area contributed by atoms with Gasteiger partial charge in [-0.1, -0.05) is 35.3 Å². The number of rotatable bonds is 9. The van der Waals surface area contributed by atoms with Gasteiger partial charge >= 0.3 is 12.1 Å². The molecule has 0 fully saturated rings. The van der Waals surface area contributed by atoms with Crippen molar-refractivity contribution in [2.45, 2.75) is 12.6 Å². The van der Waals surface area contributed by atoms with Crippen LogP contribution in [0.4, 0.5) is 13.2 Å². The van der Waals surface area contributed by atoms with E-state index in [1.165, 1.54) is 17.9 Å². The summed E-state index contributed by atoms with van der Waals surface area (Å²) in [5.41, 5.74) is -0.189. The van der Waals surface area contributed by atoms with Crippen molar-refractivity contribution in [1.29, 1.82) is 0 Å². The normalized spacial score (nSPS) is 11.2. The smallest absolute Gasteiger partial charge is 0.420 e. The SMILES string of the molecule is COc1ccc(-c2cn(-c3cc(Cl)cc(Cl)c3)nc2Oc2ccc(C(=O)NCCC(=O)O)cc2C(F)(F)F)cc1. The van der Waals surface area contributed by atoms with Gasteiger partial charge in [-0.25, -0.2) is 4.68 Å². The van der Waals surface area contributed by atoms with E-state index >= 15 is 0 Å². The monoisotopic (exact) mass is 593 g/mol. The van der Waals surface area contributed by atoms with Crippen molar-refractivity contribution >= 4 is 35.1 Å². The number of methoxy groups -OCH3 is 1. The Balaban J connectivity index is 1.76. The van der Waals surface area contributed by atoms with Crippen LogP contribution in [0.1, 0.15) is 22.3 Å². The number of carbonyl (C=O) groups is 2. The predicted octanol–water partition coefficient (Wildman–Crippen LogP) is 6.87. The molecule has 4 aromatic rings. The van der Waals surface area contributed by atoms with Crippen LogP contribution in [0.2, 0.25) is 10.0 Å². The number of aliphatic carboxylic acids is 1. The number of amides is 1. The quantitative estimate of drug-likeness (QED) is 0.219. The van der Waals surface area contributed by atoms with E-state index < -0.39 is 29.4 Å². The third kappa shape index (κ3) is 6.85. The Labute approximate surface area is 235 Å². The van der Waals surface area contributed by atoms with Crippen LogP contribution in [0.3, 0.4) is 0 Å². The van der Waals surface area contributed by atoms with E-state index in [4.69, 9.17) is 37.8 Å². The molecule has 0 aliphatic rings. The largest absolute Gasteiger partial charge is 0.497 e. The first-order chi connectivity index (χ1) is 18.9. The van der Waals surface area contributed by atoms with E-state index in [0.29, 0.717) is 38.7 Å². The molecule has 13 heteroatoms. The first kappa shape index (κ1) is 28.8. The molecule has 0 aliphatic carbocycles. The molecule has 1 aromatic heterocycles. The van der Waals surface area contributed by atoms with Gasteiger partial charge < -0.3 is 19.9 Å². The van der Waals surface area contributed by atoms with Gasteiger partial charge in [0.15, 0.2) is 0 Å².